The maximum Gasteiger partial charge on any atom is 0.339 e. The average molecular weight is 349 g/mol. The van der Waals surface area contributed by atoms with E-state index in [0.717, 1.165) is 6.42 Å². The highest BCUT2D eigenvalue weighted by molar-refractivity contribution is 9.10. The first-order chi connectivity index (χ1) is 10.1. The van der Waals surface area contributed by atoms with Gasteiger partial charge in [-0.25, -0.2) is 4.79 Å². The number of ether oxygens (including phenoxy) is 1. The summed E-state index contributed by atoms with van der Waals surface area (Å²) in [7, 11) is 0. The summed E-state index contributed by atoms with van der Waals surface area (Å²) in [6.45, 7) is 0.444. The minimum absolute atomic E-state index is 0.0619. The first kappa shape index (κ1) is 14.8. The number of halogens is 1. The van der Waals surface area contributed by atoms with Gasteiger partial charge in [0.2, 0.25) is 5.71 Å². The summed E-state index contributed by atoms with van der Waals surface area (Å²) >= 11 is 3.27. The van der Waals surface area contributed by atoms with Crippen molar-refractivity contribution in [3.8, 4) is 17.9 Å². The number of carbonyl (C=O) groups is 1. The Morgan fingerprint density at radius 3 is 2.81 bits per heavy atom. The van der Waals surface area contributed by atoms with Crippen LogP contribution in [0.25, 0.3) is 0 Å². The molecule has 0 aromatic heterocycles. The summed E-state index contributed by atoms with van der Waals surface area (Å²) in [4.78, 5) is 11.3. The predicted molar refractivity (Wildman–Crippen MR) is 77.2 cm³/mol. The molecule has 0 atom stereocenters. The fourth-order valence-electron chi connectivity index (χ4n) is 1.98. The third-order valence-corrected chi connectivity index (χ3v) is 3.50. The van der Waals surface area contributed by atoms with Gasteiger partial charge < -0.3 is 9.84 Å². The molecule has 0 saturated heterocycles. The third kappa shape index (κ3) is 2.96. The van der Waals surface area contributed by atoms with Crippen molar-refractivity contribution >= 4 is 33.3 Å². The van der Waals surface area contributed by atoms with Crippen LogP contribution in [0.1, 0.15) is 22.3 Å². The Morgan fingerprint density at radius 2 is 2.19 bits per heavy atom. The van der Waals surface area contributed by atoms with Gasteiger partial charge in [-0.05, 0) is 34.8 Å². The monoisotopic (exact) mass is 348 g/mol. The molecule has 1 aromatic carbocycles. The molecule has 1 aliphatic heterocycles. The Balaban J connectivity index is 2.53. The van der Waals surface area contributed by atoms with Crippen LogP contribution in [0, 0.1) is 22.7 Å². The summed E-state index contributed by atoms with van der Waals surface area (Å²) in [6.07, 6.45) is 1.35. The summed E-state index contributed by atoms with van der Waals surface area (Å²) in [5, 5.41) is 30.2. The number of anilines is 1. The highest BCUT2D eigenvalue weighted by Crippen LogP contribution is 2.40. The van der Waals surface area contributed by atoms with E-state index in [4.69, 9.17) is 15.3 Å². The van der Waals surface area contributed by atoms with Gasteiger partial charge in [0.05, 0.1) is 12.3 Å². The molecule has 0 unspecified atom stereocenters. The molecule has 106 valence electrons. The maximum atomic E-state index is 11.3. The minimum atomic E-state index is -1.08. The van der Waals surface area contributed by atoms with Crippen molar-refractivity contribution < 1.29 is 14.6 Å². The van der Waals surface area contributed by atoms with Crippen LogP contribution in [-0.4, -0.2) is 23.4 Å². The second-order valence-corrected chi connectivity index (χ2v) is 5.00. The first-order valence-corrected chi connectivity index (χ1v) is 6.73. The number of aromatic carboxylic acids is 1. The number of hydrogen-bond acceptors (Lipinski definition) is 6. The number of hydrogen-bond donors (Lipinski definition) is 2. The number of nitriles is 2. The zero-order chi connectivity index (χ0) is 15.4. The molecule has 21 heavy (non-hydrogen) atoms. The molecule has 1 aliphatic rings. The number of hydrazone groups is 1. The molecular formula is C13H9BrN4O3. The average Bonchev–Trinajstić information content (AvgIpc) is 2.49. The SMILES string of the molecule is N#CC(C#N)=NNc1c(Br)cc(C(=O)O)c2c1CCCO2. The van der Waals surface area contributed by atoms with Gasteiger partial charge in [0.25, 0.3) is 0 Å². The Labute approximate surface area is 128 Å². The van der Waals surface area contributed by atoms with Gasteiger partial charge in [-0.15, -0.1) is 0 Å². The number of benzene rings is 1. The van der Waals surface area contributed by atoms with Gasteiger partial charge in [0.15, 0.2) is 0 Å². The number of carboxylic acid groups (broad SMARTS) is 1. The van der Waals surface area contributed by atoms with Crippen LogP contribution in [0.3, 0.4) is 0 Å². The van der Waals surface area contributed by atoms with Crippen molar-refractivity contribution in [2.24, 2.45) is 5.10 Å². The van der Waals surface area contributed by atoms with Gasteiger partial charge in [-0.1, -0.05) is 0 Å². The van der Waals surface area contributed by atoms with Crippen LogP contribution in [0.2, 0.25) is 0 Å². The molecule has 8 heteroatoms. The molecular weight excluding hydrogens is 340 g/mol. The lowest BCUT2D eigenvalue weighted by atomic mass is 10.0. The van der Waals surface area contributed by atoms with Crippen LogP contribution in [-0.2, 0) is 6.42 Å². The van der Waals surface area contributed by atoms with Crippen LogP contribution >= 0.6 is 15.9 Å². The molecule has 0 radical (unpaired) electrons. The fourth-order valence-corrected chi connectivity index (χ4v) is 2.53. The van der Waals surface area contributed by atoms with E-state index >= 15 is 0 Å². The highest BCUT2D eigenvalue weighted by Gasteiger charge is 2.24. The van der Waals surface area contributed by atoms with Gasteiger partial charge in [-0.3, -0.25) is 5.43 Å². The smallest absolute Gasteiger partial charge is 0.339 e. The van der Waals surface area contributed by atoms with Gasteiger partial charge in [0.1, 0.15) is 23.5 Å². The van der Waals surface area contributed by atoms with Crippen molar-refractivity contribution in [2.45, 2.75) is 12.8 Å². The van der Waals surface area contributed by atoms with Crippen molar-refractivity contribution in [1.29, 1.82) is 10.5 Å². The van der Waals surface area contributed by atoms with E-state index in [0.29, 0.717) is 34.5 Å². The number of rotatable bonds is 3. The van der Waals surface area contributed by atoms with E-state index in [1.54, 1.807) is 12.1 Å². The molecule has 1 aromatic rings. The van der Waals surface area contributed by atoms with Gasteiger partial charge in [0, 0.05) is 10.0 Å². The third-order valence-electron chi connectivity index (χ3n) is 2.87. The highest BCUT2D eigenvalue weighted by atomic mass is 79.9. The lowest BCUT2D eigenvalue weighted by Crippen LogP contribution is -2.15. The van der Waals surface area contributed by atoms with Crippen molar-refractivity contribution in [3.63, 3.8) is 0 Å². The van der Waals surface area contributed by atoms with E-state index in [1.807, 2.05) is 0 Å². The van der Waals surface area contributed by atoms with Gasteiger partial charge in [-0.2, -0.15) is 15.6 Å². The second-order valence-electron chi connectivity index (χ2n) is 4.14. The predicted octanol–water partition coefficient (Wildman–Crippen LogP) is 2.29. The number of fused-ring (bicyclic) bond motifs is 1. The van der Waals surface area contributed by atoms with Crippen LogP contribution in [0.5, 0.6) is 5.75 Å². The Hall–Kier alpha value is -2.58. The molecule has 7 nitrogen and oxygen atoms in total. The molecule has 0 fully saturated rings. The Kier molecular flexibility index (Phi) is 4.41. The first-order valence-electron chi connectivity index (χ1n) is 5.93. The normalized spacial score (nSPS) is 12.1. The molecule has 1 heterocycles. The van der Waals surface area contributed by atoms with Crippen molar-refractivity contribution in [2.75, 3.05) is 12.0 Å². The molecule has 0 aliphatic carbocycles. The van der Waals surface area contributed by atoms with E-state index in [-0.39, 0.29) is 11.3 Å². The van der Waals surface area contributed by atoms with Crippen molar-refractivity contribution in [1.82, 2.24) is 0 Å². The molecule has 0 saturated carbocycles. The van der Waals surface area contributed by atoms with Crippen LogP contribution in [0.4, 0.5) is 5.69 Å². The number of nitrogens with zero attached hydrogens (tertiary/aromatic N) is 3. The molecule has 0 spiro atoms. The largest absolute Gasteiger partial charge is 0.492 e. The van der Waals surface area contributed by atoms with Gasteiger partial charge >= 0.3 is 5.97 Å². The standard InChI is InChI=1S/C13H9BrN4O3/c14-10-4-9(13(19)20)12-8(2-1-3-21-12)11(10)18-17-7(5-15)6-16/h4,18H,1-3H2,(H,19,20). The quantitative estimate of drug-likeness (QED) is 0.638. The molecule has 2 rings (SSSR count). The van der Waals surface area contributed by atoms with E-state index in [9.17, 15) is 9.90 Å². The zero-order valence-corrected chi connectivity index (χ0v) is 12.3. The summed E-state index contributed by atoms with van der Waals surface area (Å²) in [6, 6.07) is 4.68. The maximum absolute atomic E-state index is 11.3. The molecule has 2 N–H and O–H groups in total. The van der Waals surface area contributed by atoms with Crippen LogP contribution < -0.4 is 10.2 Å². The zero-order valence-electron chi connectivity index (χ0n) is 10.7. The number of nitrogens with one attached hydrogen (secondary N) is 1. The van der Waals surface area contributed by atoms with E-state index in [1.165, 1.54) is 6.07 Å². The van der Waals surface area contributed by atoms with E-state index < -0.39 is 5.97 Å². The fraction of sp³-hybridized carbons (Fsp3) is 0.231. The molecule has 0 bridgehead atoms. The summed E-state index contributed by atoms with van der Waals surface area (Å²) < 4.78 is 5.93. The lowest BCUT2D eigenvalue weighted by Gasteiger charge is -2.22. The Bertz CT molecular complexity index is 700. The van der Waals surface area contributed by atoms with E-state index in [2.05, 4.69) is 26.5 Å². The summed E-state index contributed by atoms with van der Waals surface area (Å²) in [5.41, 5.74) is 3.53. The number of carboxylic acids is 1. The molecule has 0 amide bonds. The van der Waals surface area contributed by atoms with Crippen molar-refractivity contribution in [3.05, 3.63) is 21.7 Å². The summed E-state index contributed by atoms with van der Waals surface area (Å²) in [5.74, 6) is -0.788. The Morgan fingerprint density at radius 1 is 1.48 bits per heavy atom. The second kappa shape index (κ2) is 6.25. The van der Waals surface area contributed by atoms with Crippen LogP contribution in [0.15, 0.2) is 15.6 Å². The topological polar surface area (TPSA) is 118 Å². The minimum Gasteiger partial charge on any atom is -0.492 e. The lowest BCUT2D eigenvalue weighted by molar-refractivity contribution is 0.0691.